The van der Waals surface area contributed by atoms with Crippen LogP contribution in [0.5, 0.6) is 34.5 Å². The van der Waals surface area contributed by atoms with Crippen LogP contribution in [-0.4, -0.2) is 42.2 Å². The number of phenolic OH excluding ortho intramolecular Hbond substituents is 6. The van der Waals surface area contributed by atoms with E-state index in [9.17, 15) is 40.2 Å². The van der Waals surface area contributed by atoms with Gasteiger partial charge in [-0.3, -0.25) is 9.59 Å². The monoisotopic (exact) mass is 508 g/mol. The number of hydrogen-bond donors (Lipinski definition) is 6. The van der Waals surface area contributed by atoms with Crippen molar-refractivity contribution in [3.8, 4) is 45.6 Å². The van der Waals surface area contributed by atoms with Crippen LogP contribution in [0.3, 0.4) is 0 Å². The summed E-state index contributed by atoms with van der Waals surface area (Å²) in [5, 5.41) is 64.5. The molecule has 0 fully saturated rings. The van der Waals surface area contributed by atoms with Crippen molar-refractivity contribution in [2.24, 2.45) is 0 Å². The Morgan fingerprint density at radius 3 is 1.18 bits per heavy atom. The van der Waals surface area contributed by atoms with Gasteiger partial charge in [-0.05, 0) is 82.6 Å². The number of carbonyl (C=O) groups excluding carboxylic acids is 2. The number of aromatic hydroxyl groups is 6. The molecule has 8 nitrogen and oxygen atoms in total. The predicted octanol–water partition coefficient (Wildman–Crippen LogP) is 4.57. The van der Waals surface area contributed by atoms with Crippen LogP contribution in [0.25, 0.3) is 11.1 Å². The van der Waals surface area contributed by atoms with E-state index in [4.69, 9.17) is 0 Å². The highest BCUT2D eigenvalue weighted by Crippen LogP contribution is 2.63. The van der Waals surface area contributed by atoms with Crippen LogP contribution in [-0.2, 0) is 0 Å². The van der Waals surface area contributed by atoms with Crippen LogP contribution in [0.15, 0.2) is 36.4 Å². The van der Waals surface area contributed by atoms with Gasteiger partial charge < -0.3 is 30.6 Å². The highest BCUT2D eigenvalue weighted by atomic mass is 16.3. The minimum atomic E-state index is -0.836. The lowest BCUT2D eigenvalue weighted by Gasteiger charge is -2.44. The molecule has 0 radical (unpaired) electrons. The second-order valence-electron chi connectivity index (χ2n) is 10.2. The molecule has 0 saturated heterocycles. The molecule has 7 rings (SSSR count). The Morgan fingerprint density at radius 2 is 0.816 bits per heavy atom. The minimum Gasteiger partial charge on any atom is -0.508 e. The third-order valence-electron chi connectivity index (χ3n) is 8.13. The first kappa shape index (κ1) is 22.2. The number of benzene rings is 4. The molecular formula is C30H20O8. The van der Waals surface area contributed by atoms with Crippen molar-refractivity contribution in [1.82, 2.24) is 0 Å². The Bertz CT molecular complexity index is 1710. The Hall–Kier alpha value is -4.98. The Morgan fingerprint density at radius 1 is 0.474 bits per heavy atom. The number of hydrogen-bond acceptors (Lipinski definition) is 8. The molecule has 0 bridgehead atoms. The highest BCUT2D eigenvalue weighted by molar-refractivity contribution is 6.20. The Kier molecular flexibility index (Phi) is 4.01. The third-order valence-corrected chi connectivity index (χ3v) is 8.13. The van der Waals surface area contributed by atoms with Gasteiger partial charge in [0.25, 0.3) is 0 Å². The molecule has 0 unspecified atom stereocenters. The van der Waals surface area contributed by atoms with Crippen molar-refractivity contribution in [1.29, 1.82) is 0 Å². The fourth-order valence-corrected chi connectivity index (χ4v) is 6.92. The maximum Gasteiger partial charge on any atom is 0.201 e. The molecule has 2 atom stereocenters. The molecule has 3 aliphatic rings. The summed E-state index contributed by atoms with van der Waals surface area (Å²) in [6.07, 6.45) is 0. The zero-order valence-corrected chi connectivity index (χ0v) is 20.1. The molecule has 3 aliphatic carbocycles. The average Bonchev–Trinajstić information content (AvgIpc) is 2.80. The Labute approximate surface area is 215 Å². The van der Waals surface area contributed by atoms with E-state index >= 15 is 0 Å². The van der Waals surface area contributed by atoms with E-state index in [-0.39, 0.29) is 56.4 Å². The minimum absolute atomic E-state index is 0.00779. The zero-order valence-electron chi connectivity index (χ0n) is 20.1. The van der Waals surface area contributed by atoms with Gasteiger partial charge in [0.1, 0.15) is 34.5 Å². The SMILES string of the molecule is Cc1cc(O)c2c3c1-c1c(C)cc(O)c4c1[C@H](c1cc(O)cc(O)c1C4=O)[C@H]3c1cc(O)cc(O)c1C2=O. The van der Waals surface area contributed by atoms with Crippen LogP contribution in [0, 0.1) is 13.8 Å². The molecule has 0 amide bonds. The quantitative estimate of drug-likeness (QED) is 0.202. The molecule has 0 aliphatic heterocycles. The molecular weight excluding hydrogens is 488 g/mol. The van der Waals surface area contributed by atoms with Crippen molar-refractivity contribution >= 4 is 11.6 Å². The van der Waals surface area contributed by atoms with Gasteiger partial charge in [0.05, 0.1) is 22.3 Å². The molecule has 0 saturated carbocycles. The average molecular weight is 508 g/mol. The number of fused-ring (bicyclic) bond motifs is 6. The molecule has 0 spiro atoms. The lowest BCUT2D eigenvalue weighted by molar-refractivity contribution is 0.101. The third kappa shape index (κ3) is 2.44. The highest BCUT2D eigenvalue weighted by Gasteiger charge is 2.51. The summed E-state index contributed by atoms with van der Waals surface area (Å²) in [4.78, 5) is 27.5. The molecule has 6 N–H and O–H groups in total. The van der Waals surface area contributed by atoms with E-state index < -0.39 is 34.9 Å². The van der Waals surface area contributed by atoms with Crippen molar-refractivity contribution in [3.05, 3.63) is 92.0 Å². The van der Waals surface area contributed by atoms with Crippen molar-refractivity contribution in [3.63, 3.8) is 0 Å². The van der Waals surface area contributed by atoms with Crippen LogP contribution < -0.4 is 0 Å². The summed E-state index contributed by atoms with van der Waals surface area (Å²) in [6, 6.07) is 7.73. The molecule has 188 valence electrons. The molecule has 0 heterocycles. The van der Waals surface area contributed by atoms with Crippen LogP contribution in [0.4, 0.5) is 0 Å². The first-order valence-electron chi connectivity index (χ1n) is 12.0. The molecule has 4 aromatic carbocycles. The van der Waals surface area contributed by atoms with Gasteiger partial charge in [-0.2, -0.15) is 0 Å². The maximum absolute atomic E-state index is 13.8. The number of phenols is 6. The van der Waals surface area contributed by atoms with Crippen LogP contribution >= 0.6 is 0 Å². The molecule has 8 heteroatoms. The molecule has 4 aromatic rings. The second-order valence-corrected chi connectivity index (χ2v) is 10.2. The van der Waals surface area contributed by atoms with Gasteiger partial charge in [0, 0.05) is 24.0 Å². The fraction of sp³-hybridized carbons (Fsp3) is 0.133. The predicted molar refractivity (Wildman–Crippen MR) is 135 cm³/mol. The van der Waals surface area contributed by atoms with Gasteiger partial charge in [-0.15, -0.1) is 0 Å². The summed E-state index contributed by atoms with van der Waals surface area (Å²) in [5.74, 6) is -4.99. The molecule has 38 heavy (non-hydrogen) atoms. The van der Waals surface area contributed by atoms with Gasteiger partial charge in [-0.25, -0.2) is 0 Å². The van der Waals surface area contributed by atoms with E-state index in [1.54, 1.807) is 13.8 Å². The zero-order chi connectivity index (χ0) is 26.9. The van der Waals surface area contributed by atoms with E-state index in [0.29, 0.717) is 33.4 Å². The summed E-state index contributed by atoms with van der Waals surface area (Å²) >= 11 is 0. The Balaban J connectivity index is 1.76. The number of rotatable bonds is 0. The van der Waals surface area contributed by atoms with Crippen molar-refractivity contribution in [2.75, 3.05) is 0 Å². The standard InChI is InChI=1S/C30H20O8/c1-9-3-15(33)25-27-19(9)20-10(2)4-16(34)26-28(20)24(14-6-12(32)8-18(36)22(14)30(26)38)23(27)13-5-11(31)7-17(35)21(13)29(25)37/h3-8,23-24,31-36H,1-2H3/t23-,24-/m1/s1. The topological polar surface area (TPSA) is 156 Å². The fourth-order valence-electron chi connectivity index (χ4n) is 6.92. The van der Waals surface area contributed by atoms with Crippen molar-refractivity contribution in [2.45, 2.75) is 25.7 Å². The van der Waals surface area contributed by atoms with Gasteiger partial charge in [0.2, 0.25) is 11.6 Å². The number of carbonyl (C=O) groups is 2. The van der Waals surface area contributed by atoms with Gasteiger partial charge in [0.15, 0.2) is 0 Å². The summed E-state index contributed by atoms with van der Waals surface area (Å²) in [5.41, 5.74) is 3.66. The van der Waals surface area contributed by atoms with E-state index in [1.165, 1.54) is 24.3 Å². The smallest absolute Gasteiger partial charge is 0.201 e. The maximum atomic E-state index is 13.8. The lowest BCUT2D eigenvalue weighted by Crippen LogP contribution is -2.33. The summed E-state index contributed by atoms with van der Waals surface area (Å²) in [6.45, 7) is 3.53. The van der Waals surface area contributed by atoms with E-state index in [2.05, 4.69) is 0 Å². The van der Waals surface area contributed by atoms with Crippen LogP contribution in [0.1, 0.15) is 77.1 Å². The largest absolute Gasteiger partial charge is 0.508 e. The second kappa shape index (κ2) is 6.86. The molecule has 0 aromatic heterocycles. The van der Waals surface area contributed by atoms with Crippen molar-refractivity contribution < 1.29 is 40.2 Å². The lowest BCUT2D eigenvalue weighted by atomic mass is 9.57. The number of aryl methyl sites for hydroxylation is 2. The summed E-state index contributed by atoms with van der Waals surface area (Å²) in [7, 11) is 0. The van der Waals surface area contributed by atoms with Gasteiger partial charge >= 0.3 is 0 Å². The normalized spacial score (nSPS) is 17.9. The van der Waals surface area contributed by atoms with Crippen LogP contribution in [0.2, 0.25) is 0 Å². The summed E-state index contributed by atoms with van der Waals surface area (Å²) < 4.78 is 0. The number of ketones is 2. The first-order chi connectivity index (χ1) is 18.0. The van der Waals surface area contributed by atoms with E-state index in [0.717, 1.165) is 12.1 Å². The first-order valence-corrected chi connectivity index (χ1v) is 12.0. The van der Waals surface area contributed by atoms with E-state index in [1.807, 2.05) is 0 Å². The van der Waals surface area contributed by atoms with Gasteiger partial charge in [-0.1, -0.05) is 0 Å².